The second-order valence-electron chi connectivity index (χ2n) is 5.36. The number of hydrogen-bond acceptors (Lipinski definition) is 5. The van der Waals surface area contributed by atoms with Gasteiger partial charge in [-0.2, -0.15) is 0 Å². The monoisotopic (exact) mass is 337 g/mol. The second-order valence-corrected chi connectivity index (χ2v) is 7.09. The van der Waals surface area contributed by atoms with E-state index in [1.54, 1.807) is 11.6 Å². The minimum atomic E-state index is -3.87. The van der Waals surface area contributed by atoms with Gasteiger partial charge in [0.2, 0.25) is 0 Å². The van der Waals surface area contributed by atoms with E-state index in [0.717, 1.165) is 16.5 Å². The Morgan fingerprint density at radius 1 is 1.39 bits per heavy atom. The van der Waals surface area contributed by atoms with E-state index in [1.165, 1.54) is 19.6 Å². The molecule has 7 nitrogen and oxygen atoms in total. The molecular weight excluding hydrogens is 318 g/mol. The largest absolute Gasteiger partial charge is 0.493 e. The van der Waals surface area contributed by atoms with Crippen LogP contribution in [0.4, 0.5) is 0 Å². The van der Waals surface area contributed by atoms with Crippen LogP contribution in [0.3, 0.4) is 0 Å². The molecule has 1 aliphatic rings. The van der Waals surface area contributed by atoms with E-state index in [0.29, 0.717) is 18.8 Å². The molecule has 0 saturated heterocycles. The summed E-state index contributed by atoms with van der Waals surface area (Å²) in [7, 11) is -0.789. The average Bonchev–Trinajstić information content (AvgIpc) is 2.87. The zero-order valence-electron chi connectivity index (χ0n) is 13.0. The molecule has 2 heterocycles. The Balaban J connectivity index is 2.04. The molecule has 0 N–H and O–H groups in total. The third kappa shape index (κ3) is 2.97. The predicted octanol–water partition coefficient (Wildman–Crippen LogP) is 1.89. The van der Waals surface area contributed by atoms with Crippen LogP contribution in [0.1, 0.15) is 24.4 Å². The summed E-state index contributed by atoms with van der Waals surface area (Å²) in [6.07, 6.45) is 4.25. The van der Waals surface area contributed by atoms with Crippen molar-refractivity contribution in [3.63, 3.8) is 0 Å². The molecule has 8 heteroatoms. The molecule has 0 saturated carbocycles. The van der Waals surface area contributed by atoms with Crippen molar-refractivity contribution in [3.8, 4) is 5.75 Å². The lowest BCUT2D eigenvalue weighted by atomic mass is 10.0. The van der Waals surface area contributed by atoms with Crippen molar-refractivity contribution in [2.24, 2.45) is 7.05 Å². The molecule has 2 aromatic rings. The maximum Gasteiger partial charge on any atom is 0.284 e. The third-order valence-electron chi connectivity index (χ3n) is 3.77. The number of ether oxygens (including phenoxy) is 1. The number of nitrogens with zero attached hydrogens (tertiary/aromatic N) is 3. The van der Waals surface area contributed by atoms with Crippen molar-refractivity contribution >= 4 is 10.0 Å². The van der Waals surface area contributed by atoms with Gasteiger partial charge in [0.05, 0.1) is 26.1 Å². The highest BCUT2D eigenvalue weighted by Gasteiger charge is 2.36. The summed E-state index contributed by atoms with van der Waals surface area (Å²) in [6, 6.07) is 6.98. The standard InChI is InChI=1S/C15H19N3O4S/c1-17-10-15(16-11-17)23(19,20)18(21-2)13-7-5-9-22-14-8-4-3-6-12(13)14/h3-4,6,8,10-11,13H,5,7,9H2,1-2H3. The minimum Gasteiger partial charge on any atom is -0.493 e. The Hall–Kier alpha value is -1.90. The fourth-order valence-corrected chi connectivity index (χ4v) is 4.14. The van der Waals surface area contributed by atoms with Crippen LogP contribution in [0.5, 0.6) is 5.75 Å². The Labute approximate surface area is 135 Å². The Kier molecular flexibility index (Phi) is 4.38. The van der Waals surface area contributed by atoms with Gasteiger partial charge in [0.25, 0.3) is 10.0 Å². The first kappa shape index (κ1) is 16.0. The highest BCUT2D eigenvalue weighted by atomic mass is 32.2. The number of hydroxylamine groups is 1. The number of sulfonamides is 1. The van der Waals surface area contributed by atoms with Gasteiger partial charge in [0, 0.05) is 18.8 Å². The van der Waals surface area contributed by atoms with Crippen LogP contribution < -0.4 is 4.74 Å². The maximum absolute atomic E-state index is 12.9. The van der Waals surface area contributed by atoms with Crippen LogP contribution >= 0.6 is 0 Å². The summed E-state index contributed by atoms with van der Waals surface area (Å²) in [5.41, 5.74) is 0.798. The Morgan fingerprint density at radius 3 is 2.87 bits per heavy atom. The lowest BCUT2D eigenvalue weighted by Gasteiger charge is -2.27. The first-order chi connectivity index (χ1) is 11.0. The third-order valence-corrected chi connectivity index (χ3v) is 5.39. The van der Waals surface area contributed by atoms with E-state index in [2.05, 4.69) is 4.98 Å². The molecule has 0 amide bonds. The van der Waals surface area contributed by atoms with Gasteiger partial charge in [-0.1, -0.05) is 22.7 Å². The van der Waals surface area contributed by atoms with Gasteiger partial charge in [-0.15, -0.1) is 0 Å². The summed E-state index contributed by atoms with van der Waals surface area (Å²) in [4.78, 5) is 9.22. The topological polar surface area (TPSA) is 73.7 Å². The van der Waals surface area contributed by atoms with Crippen molar-refractivity contribution in [1.82, 2.24) is 14.0 Å². The maximum atomic E-state index is 12.9. The van der Waals surface area contributed by atoms with E-state index in [-0.39, 0.29) is 5.03 Å². The quantitative estimate of drug-likeness (QED) is 0.797. The van der Waals surface area contributed by atoms with Crippen LogP contribution in [-0.2, 0) is 21.9 Å². The van der Waals surface area contributed by atoms with Crippen molar-refractivity contribution in [3.05, 3.63) is 42.4 Å². The molecule has 1 atom stereocenters. The van der Waals surface area contributed by atoms with Gasteiger partial charge in [-0.3, -0.25) is 4.84 Å². The van der Waals surface area contributed by atoms with Crippen LogP contribution in [0.15, 0.2) is 41.8 Å². The number of benzene rings is 1. The normalized spacial score (nSPS) is 18.3. The lowest BCUT2D eigenvalue weighted by Crippen LogP contribution is -2.34. The fourth-order valence-electron chi connectivity index (χ4n) is 2.73. The summed E-state index contributed by atoms with van der Waals surface area (Å²) in [5.74, 6) is 0.688. The first-order valence-corrected chi connectivity index (χ1v) is 8.76. The Morgan fingerprint density at radius 2 is 2.17 bits per heavy atom. The summed E-state index contributed by atoms with van der Waals surface area (Å²) >= 11 is 0. The van der Waals surface area contributed by atoms with Crippen LogP contribution in [-0.4, -0.2) is 36.2 Å². The summed E-state index contributed by atoms with van der Waals surface area (Å²) < 4.78 is 34.1. The molecule has 23 heavy (non-hydrogen) atoms. The molecule has 0 fully saturated rings. The molecule has 0 aliphatic carbocycles. The van der Waals surface area contributed by atoms with Crippen molar-refractivity contribution in [1.29, 1.82) is 0 Å². The smallest absolute Gasteiger partial charge is 0.284 e. The van der Waals surface area contributed by atoms with Gasteiger partial charge in [0.1, 0.15) is 5.75 Å². The van der Waals surface area contributed by atoms with Gasteiger partial charge < -0.3 is 9.30 Å². The highest BCUT2D eigenvalue weighted by molar-refractivity contribution is 7.88. The van der Waals surface area contributed by atoms with E-state index >= 15 is 0 Å². The molecule has 1 aromatic carbocycles. The van der Waals surface area contributed by atoms with Crippen molar-refractivity contribution in [2.75, 3.05) is 13.7 Å². The van der Waals surface area contributed by atoms with E-state index < -0.39 is 16.1 Å². The van der Waals surface area contributed by atoms with Crippen LogP contribution in [0.2, 0.25) is 0 Å². The lowest BCUT2D eigenvalue weighted by molar-refractivity contribution is -0.0842. The molecule has 1 aromatic heterocycles. The number of hydrogen-bond donors (Lipinski definition) is 0. The SMILES string of the molecule is CON(C1CCCOc2ccccc21)S(=O)(=O)c1cn(C)cn1. The molecule has 1 unspecified atom stereocenters. The first-order valence-electron chi connectivity index (χ1n) is 7.32. The van der Waals surface area contributed by atoms with Crippen LogP contribution in [0, 0.1) is 0 Å². The van der Waals surface area contributed by atoms with Gasteiger partial charge in [-0.05, 0) is 18.9 Å². The predicted molar refractivity (Wildman–Crippen MR) is 83.2 cm³/mol. The summed E-state index contributed by atoms with van der Waals surface area (Å²) in [6.45, 7) is 0.550. The summed E-state index contributed by atoms with van der Waals surface area (Å²) in [5, 5.41) is -0.0375. The minimum absolute atomic E-state index is 0.0375. The molecule has 3 rings (SSSR count). The molecule has 1 aliphatic heterocycles. The Bertz CT molecular complexity index is 788. The second kappa shape index (κ2) is 6.31. The van der Waals surface area contributed by atoms with Gasteiger partial charge in [0.15, 0.2) is 5.03 Å². The molecule has 0 radical (unpaired) electrons. The number of aromatic nitrogens is 2. The molecule has 124 valence electrons. The van der Waals surface area contributed by atoms with E-state index in [9.17, 15) is 8.42 Å². The molecule has 0 spiro atoms. The molecular formula is C15H19N3O4S. The number of fused-ring (bicyclic) bond motifs is 1. The van der Waals surface area contributed by atoms with E-state index in [4.69, 9.17) is 9.57 Å². The highest BCUT2D eigenvalue weighted by Crippen LogP contribution is 2.37. The average molecular weight is 337 g/mol. The number of para-hydroxylation sites is 1. The number of imidazole rings is 1. The zero-order chi connectivity index (χ0) is 16.4. The number of aryl methyl sites for hydroxylation is 1. The number of rotatable bonds is 4. The fraction of sp³-hybridized carbons (Fsp3) is 0.400. The zero-order valence-corrected chi connectivity index (χ0v) is 13.9. The van der Waals surface area contributed by atoms with Gasteiger partial charge >= 0.3 is 0 Å². The molecule has 0 bridgehead atoms. The van der Waals surface area contributed by atoms with Crippen LogP contribution in [0.25, 0.3) is 0 Å². The van der Waals surface area contributed by atoms with Crippen molar-refractivity contribution in [2.45, 2.75) is 23.9 Å². The van der Waals surface area contributed by atoms with Gasteiger partial charge in [-0.25, -0.2) is 13.4 Å². The van der Waals surface area contributed by atoms with Crippen molar-refractivity contribution < 1.29 is 18.0 Å². The van der Waals surface area contributed by atoms with E-state index in [1.807, 2.05) is 24.3 Å².